The van der Waals surface area contributed by atoms with Crippen molar-refractivity contribution in [1.82, 2.24) is 0 Å². The molecule has 0 bridgehead atoms. The van der Waals surface area contributed by atoms with E-state index in [-0.39, 0.29) is 0 Å². The van der Waals surface area contributed by atoms with Gasteiger partial charge in [-0.05, 0) is 125 Å². The lowest BCUT2D eigenvalue weighted by Gasteiger charge is -2.14. The maximum Gasteiger partial charge on any atom is 0.136 e. The summed E-state index contributed by atoms with van der Waals surface area (Å²) in [7, 11) is 0. The predicted molar refractivity (Wildman–Crippen MR) is 241 cm³/mol. The van der Waals surface area contributed by atoms with E-state index in [4.69, 9.17) is 4.42 Å². The van der Waals surface area contributed by atoms with E-state index >= 15 is 0 Å². The molecule has 0 spiro atoms. The zero-order chi connectivity index (χ0) is 36.7. The molecule has 12 aromatic rings. The van der Waals surface area contributed by atoms with Crippen LogP contribution in [0.4, 0.5) is 0 Å². The number of para-hydroxylation sites is 1. The minimum Gasteiger partial charge on any atom is -0.456 e. The first-order valence-electron chi connectivity index (χ1n) is 19.2. The summed E-state index contributed by atoms with van der Waals surface area (Å²) in [5.41, 5.74) is 11.6. The van der Waals surface area contributed by atoms with E-state index in [9.17, 15) is 0 Å². The maximum atomic E-state index is 6.23. The van der Waals surface area contributed by atoms with Crippen molar-refractivity contribution in [2.24, 2.45) is 0 Å². The Morgan fingerprint density at radius 1 is 0.268 bits per heavy atom. The molecular formula is C54H32OS. The van der Waals surface area contributed by atoms with Crippen molar-refractivity contribution in [1.29, 1.82) is 0 Å². The average Bonchev–Trinajstić information content (AvgIpc) is 3.85. The fraction of sp³-hybridized carbons (Fsp3) is 0. The van der Waals surface area contributed by atoms with Gasteiger partial charge in [-0.2, -0.15) is 0 Å². The van der Waals surface area contributed by atoms with Gasteiger partial charge in [0.25, 0.3) is 0 Å². The summed E-state index contributed by atoms with van der Waals surface area (Å²) in [6.07, 6.45) is 0. The molecule has 0 aliphatic carbocycles. The number of thiophene rings is 1. The molecule has 2 aromatic heterocycles. The van der Waals surface area contributed by atoms with E-state index in [0.29, 0.717) is 0 Å². The molecule has 0 fully saturated rings. The molecule has 0 aliphatic rings. The van der Waals surface area contributed by atoms with E-state index in [1.807, 2.05) is 23.5 Å². The summed E-state index contributed by atoms with van der Waals surface area (Å²) in [4.78, 5) is 0. The number of benzene rings is 10. The second-order valence-electron chi connectivity index (χ2n) is 14.8. The summed E-state index contributed by atoms with van der Waals surface area (Å²) in [5, 5.41) is 12.6. The zero-order valence-corrected chi connectivity index (χ0v) is 31.1. The van der Waals surface area contributed by atoms with Gasteiger partial charge in [-0.1, -0.05) is 146 Å². The Bertz CT molecular complexity index is 3290. The quantitative estimate of drug-likeness (QED) is 0.165. The molecule has 1 nitrogen and oxygen atoms in total. The first kappa shape index (κ1) is 31.4. The Labute approximate surface area is 327 Å². The lowest BCUT2D eigenvalue weighted by atomic mass is 9.89. The zero-order valence-electron chi connectivity index (χ0n) is 30.3. The van der Waals surface area contributed by atoms with Gasteiger partial charge in [-0.3, -0.25) is 0 Å². The third kappa shape index (κ3) is 4.80. The van der Waals surface area contributed by atoms with Gasteiger partial charge in [0.05, 0.1) is 0 Å². The second-order valence-corrected chi connectivity index (χ2v) is 15.9. The normalized spacial score (nSPS) is 11.9. The van der Waals surface area contributed by atoms with Gasteiger partial charge < -0.3 is 4.42 Å². The fourth-order valence-corrected chi connectivity index (χ4v) is 10.2. The molecule has 2 heteroatoms. The van der Waals surface area contributed by atoms with Crippen molar-refractivity contribution in [3.8, 4) is 44.5 Å². The highest BCUT2D eigenvalue weighted by molar-refractivity contribution is 7.25. The van der Waals surface area contributed by atoms with Crippen LogP contribution in [0.2, 0.25) is 0 Å². The van der Waals surface area contributed by atoms with Crippen molar-refractivity contribution in [3.05, 3.63) is 194 Å². The van der Waals surface area contributed by atoms with Gasteiger partial charge in [0.2, 0.25) is 0 Å². The first-order chi connectivity index (χ1) is 27.7. The van der Waals surface area contributed by atoms with Gasteiger partial charge in [0.15, 0.2) is 0 Å². The van der Waals surface area contributed by atoms with Crippen LogP contribution in [0.1, 0.15) is 0 Å². The number of hydrogen-bond donors (Lipinski definition) is 0. The van der Waals surface area contributed by atoms with Gasteiger partial charge in [-0.15, -0.1) is 11.3 Å². The highest BCUT2D eigenvalue weighted by atomic mass is 32.1. The summed E-state index contributed by atoms with van der Waals surface area (Å²) in [5.74, 6) is 0. The highest BCUT2D eigenvalue weighted by Crippen LogP contribution is 2.43. The van der Waals surface area contributed by atoms with E-state index in [2.05, 4.69) is 182 Å². The highest BCUT2D eigenvalue weighted by Gasteiger charge is 2.16. The molecule has 0 radical (unpaired) electrons. The Hall–Kier alpha value is -7.00. The molecular weight excluding hydrogens is 697 g/mol. The molecule has 2 heterocycles. The Morgan fingerprint density at radius 3 is 1.41 bits per heavy atom. The van der Waals surface area contributed by atoms with Crippen molar-refractivity contribution in [2.75, 3.05) is 0 Å². The third-order valence-corrected chi connectivity index (χ3v) is 12.8. The van der Waals surface area contributed by atoms with E-state index in [0.717, 1.165) is 21.9 Å². The molecule has 0 aliphatic heterocycles. The van der Waals surface area contributed by atoms with Crippen LogP contribution in [0.3, 0.4) is 0 Å². The molecule has 0 unspecified atom stereocenters. The van der Waals surface area contributed by atoms with Crippen LogP contribution in [0.25, 0.3) is 119 Å². The predicted octanol–water partition coefficient (Wildman–Crippen LogP) is 16.1. The molecule has 0 atom stereocenters. The summed E-state index contributed by atoms with van der Waals surface area (Å²) < 4.78 is 8.89. The SMILES string of the molecule is c1cc(-c2ccc3c4ccc(-c5cccc(-c6cccc7sc8ccccc8c67)c5)cc4c4ccccc4c3c2)cc(-c2cccc3oc4ccccc4c23)c1. The largest absolute Gasteiger partial charge is 0.456 e. The van der Waals surface area contributed by atoms with Gasteiger partial charge in [0, 0.05) is 30.9 Å². The van der Waals surface area contributed by atoms with E-state index < -0.39 is 0 Å². The Balaban J connectivity index is 0.978. The first-order valence-corrected chi connectivity index (χ1v) is 20.0. The molecule has 260 valence electrons. The number of fused-ring (bicyclic) bond motifs is 12. The minimum absolute atomic E-state index is 0.915. The molecule has 0 amide bonds. The number of hydrogen-bond acceptors (Lipinski definition) is 2. The van der Waals surface area contributed by atoms with Crippen LogP contribution < -0.4 is 0 Å². The summed E-state index contributed by atoms with van der Waals surface area (Å²) >= 11 is 1.87. The van der Waals surface area contributed by atoms with Gasteiger partial charge in [0.1, 0.15) is 11.2 Å². The van der Waals surface area contributed by atoms with Crippen molar-refractivity contribution < 1.29 is 4.42 Å². The lowest BCUT2D eigenvalue weighted by Crippen LogP contribution is -1.87. The maximum absolute atomic E-state index is 6.23. The smallest absolute Gasteiger partial charge is 0.136 e. The second kappa shape index (κ2) is 12.3. The monoisotopic (exact) mass is 728 g/mol. The summed E-state index contributed by atoms with van der Waals surface area (Å²) in [6, 6.07) is 71.1. The van der Waals surface area contributed by atoms with Crippen LogP contribution >= 0.6 is 11.3 Å². The van der Waals surface area contributed by atoms with Crippen LogP contribution in [0.5, 0.6) is 0 Å². The molecule has 0 saturated heterocycles. The van der Waals surface area contributed by atoms with Crippen molar-refractivity contribution in [3.63, 3.8) is 0 Å². The van der Waals surface area contributed by atoms with Gasteiger partial charge in [-0.25, -0.2) is 0 Å². The molecule has 0 saturated carbocycles. The van der Waals surface area contributed by atoms with E-state index in [1.165, 1.54) is 97.0 Å². The lowest BCUT2D eigenvalue weighted by molar-refractivity contribution is 0.669. The van der Waals surface area contributed by atoms with Gasteiger partial charge >= 0.3 is 0 Å². The number of rotatable bonds is 4. The Morgan fingerprint density at radius 2 is 0.732 bits per heavy atom. The van der Waals surface area contributed by atoms with Crippen LogP contribution in [-0.4, -0.2) is 0 Å². The van der Waals surface area contributed by atoms with E-state index in [1.54, 1.807) is 0 Å². The molecule has 12 rings (SSSR count). The standard InChI is InChI=1S/C54H32OS/c1-2-16-42-41(15-1)47-31-35(33-11-7-13-37(29-33)39-19-9-22-50-53(39)45-17-3-5-21-49(45)55-50)25-27-43(47)44-28-26-36(32-48(42)44)34-12-8-14-38(30-34)40-20-10-24-52-54(40)46-18-4-6-23-51(46)56-52/h1-32H. The van der Waals surface area contributed by atoms with Crippen LogP contribution in [-0.2, 0) is 0 Å². The van der Waals surface area contributed by atoms with Crippen molar-refractivity contribution in [2.45, 2.75) is 0 Å². The minimum atomic E-state index is 0.915. The van der Waals surface area contributed by atoms with Crippen LogP contribution in [0, 0.1) is 0 Å². The van der Waals surface area contributed by atoms with Crippen molar-refractivity contribution >= 4 is 85.8 Å². The summed E-state index contributed by atoms with van der Waals surface area (Å²) in [6.45, 7) is 0. The topological polar surface area (TPSA) is 13.1 Å². The number of furan rings is 1. The molecule has 10 aromatic carbocycles. The molecule has 56 heavy (non-hydrogen) atoms. The fourth-order valence-electron chi connectivity index (χ4n) is 9.08. The van der Waals surface area contributed by atoms with Crippen LogP contribution in [0.15, 0.2) is 199 Å². The third-order valence-electron chi connectivity index (χ3n) is 11.7. The Kier molecular flexibility index (Phi) is 6.87. The average molecular weight is 729 g/mol. The molecule has 0 N–H and O–H groups in total.